The van der Waals surface area contributed by atoms with Gasteiger partial charge in [0.25, 0.3) is 0 Å². The second-order valence-electron chi connectivity index (χ2n) is 5.82. The number of hydrogen-bond donors (Lipinski definition) is 1. The fourth-order valence-electron chi connectivity index (χ4n) is 2.42. The molecule has 0 spiro atoms. The van der Waals surface area contributed by atoms with Gasteiger partial charge in [-0.15, -0.1) is 0 Å². The van der Waals surface area contributed by atoms with Crippen molar-refractivity contribution in [2.45, 2.75) is 31.9 Å². The third-order valence-electron chi connectivity index (χ3n) is 3.78. The summed E-state index contributed by atoms with van der Waals surface area (Å²) in [5.41, 5.74) is 1.70. The van der Waals surface area contributed by atoms with Crippen molar-refractivity contribution in [3.8, 4) is 0 Å². The molecule has 3 nitrogen and oxygen atoms in total. The van der Waals surface area contributed by atoms with Gasteiger partial charge in [-0.3, -0.25) is 0 Å². The van der Waals surface area contributed by atoms with Crippen LogP contribution in [0.3, 0.4) is 0 Å². The van der Waals surface area contributed by atoms with Crippen molar-refractivity contribution < 1.29 is 18.3 Å². The summed E-state index contributed by atoms with van der Waals surface area (Å²) >= 11 is 8.91. The van der Waals surface area contributed by atoms with E-state index in [2.05, 4.69) is 21.2 Å². The van der Waals surface area contributed by atoms with E-state index in [-0.39, 0.29) is 11.6 Å². The summed E-state index contributed by atoms with van der Waals surface area (Å²) in [7, 11) is 0. The van der Waals surface area contributed by atoms with E-state index in [0.29, 0.717) is 23.7 Å². The molecule has 0 aliphatic rings. The van der Waals surface area contributed by atoms with E-state index in [1.807, 2.05) is 30.3 Å². The van der Waals surface area contributed by atoms with Gasteiger partial charge in [-0.2, -0.15) is 0 Å². The number of aryl methyl sites for hydroxylation is 1. The highest BCUT2D eigenvalue weighted by Gasteiger charge is 2.14. The summed E-state index contributed by atoms with van der Waals surface area (Å²) in [6, 6.07) is 11.8. The number of alkyl carbamates (subject to hydrolysis) is 1. The maximum atomic E-state index is 13.5. The first kappa shape index (κ1) is 20.6. The normalized spacial score (nSPS) is 11.8. The fraction of sp³-hybridized carbons (Fsp3) is 0.316. The van der Waals surface area contributed by atoms with E-state index in [0.717, 1.165) is 11.1 Å². The van der Waals surface area contributed by atoms with Gasteiger partial charge in [-0.1, -0.05) is 41.9 Å². The molecule has 0 fully saturated rings. The van der Waals surface area contributed by atoms with Gasteiger partial charge in [0.15, 0.2) is 5.82 Å². The Labute approximate surface area is 164 Å². The zero-order valence-corrected chi connectivity index (χ0v) is 16.3. The zero-order valence-electron chi connectivity index (χ0n) is 14.0. The SMILES string of the molecule is O=C(N[C@@H](CF)CCCc1cc(Cl)c(F)c(Br)c1)OCc1ccccc1. The van der Waals surface area contributed by atoms with E-state index in [4.69, 9.17) is 16.3 Å². The van der Waals surface area contributed by atoms with Crippen molar-refractivity contribution in [1.82, 2.24) is 5.32 Å². The van der Waals surface area contributed by atoms with Crippen LogP contribution in [0, 0.1) is 5.82 Å². The smallest absolute Gasteiger partial charge is 0.407 e. The number of carbonyl (C=O) groups excluding carboxylic acids is 1. The number of carbonyl (C=O) groups is 1. The number of amides is 1. The number of hydrogen-bond acceptors (Lipinski definition) is 2. The van der Waals surface area contributed by atoms with Crippen molar-refractivity contribution in [3.05, 3.63) is 68.9 Å². The van der Waals surface area contributed by atoms with Gasteiger partial charge in [0.1, 0.15) is 13.3 Å². The predicted octanol–water partition coefficient (Wildman–Crippen LogP) is 5.83. The van der Waals surface area contributed by atoms with Gasteiger partial charge >= 0.3 is 6.09 Å². The predicted molar refractivity (Wildman–Crippen MR) is 102 cm³/mol. The maximum absolute atomic E-state index is 13.5. The Morgan fingerprint density at radius 2 is 1.96 bits per heavy atom. The van der Waals surface area contributed by atoms with E-state index >= 15 is 0 Å². The third-order valence-corrected chi connectivity index (χ3v) is 4.63. The van der Waals surface area contributed by atoms with Crippen LogP contribution >= 0.6 is 27.5 Å². The number of rotatable bonds is 8. The molecular weight excluding hydrogens is 428 g/mol. The van der Waals surface area contributed by atoms with Gasteiger partial charge in [-0.05, 0) is 58.5 Å². The Morgan fingerprint density at radius 3 is 2.62 bits per heavy atom. The van der Waals surface area contributed by atoms with Crippen LogP contribution in [0.1, 0.15) is 24.0 Å². The lowest BCUT2D eigenvalue weighted by Crippen LogP contribution is -2.36. The van der Waals surface area contributed by atoms with Crippen LogP contribution in [-0.2, 0) is 17.8 Å². The Balaban J connectivity index is 1.75. The van der Waals surface area contributed by atoms with E-state index in [9.17, 15) is 13.6 Å². The van der Waals surface area contributed by atoms with Crippen LogP contribution in [-0.4, -0.2) is 18.8 Å². The summed E-state index contributed by atoms with van der Waals surface area (Å²) in [6.45, 7) is -0.553. The molecule has 0 unspecified atom stereocenters. The molecule has 0 bridgehead atoms. The van der Waals surface area contributed by atoms with Crippen LogP contribution in [0.2, 0.25) is 5.02 Å². The molecule has 0 aliphatic heterocycles. The number of nitrogens with one attached hydrogen (secondary N) is 1. The first-order valence-electron chi connectivity index (χ1n) is 8.16. The lowest BCUT2D eigenvalue weighted by Gasteiger charge is -2.15. The van der Waals surface area contributed by atoms with Crippen molar-refractivity contribution in [2.75, 3.05) is 6.67 Å². The quantitative estimate of drug-likeness (QED) is 0.518. The minimum atomic E-state index is -0.686. The number of benzene rings is 2. The molecule has 1 N–H and O–H groups in total. The van der Waals surface area contributed by atoms with Gasteiger partial charge in [0.05, 0.1) is 15.5 Å². The maximum Gasteiger partial charge on any atom is 0.407 e. The molecule has 0 saturated heterocycles. The molecule has 2 aromatic carbocycles. The van der Waals surface area contributed by atoms with Crippen LogP contribution in [0.4, 0.5) is 13.6 Å². The molecule has 0 aromatic heterocycles. The first-order valence-corrected chi connectivity index (χ1v) is 9.33. The highest BCUT2D eigenvalue weighted by molar-refractivity contribution is 9.10. The molecule has 140 valence electrons. The summed E-state index contributed by atoms with van der Waals surface area (Å²) in [5.74, 6) is -0.500. The summed E-state index contributed by atoms with van der Waals surface area (Å²) in [6.07, 6.45) is 0.991. The van der Waals surface area contributed by atoms with Gasteiger partial charge in [0, 0.05) is 0 Å². The molecular formula is C19H19BrClF2NO2. The Bertz CT molecular complexity index is 708. The van der Waals surface area contributed by atoms with Crippen LogP contribution in [0.25, 0.3) is 0 Å². The van der Waals surface area contributed by atoms with Crippen LogP contribution in [0.5, 0.6) is 0 Å². The van der Waals surface area contributed by atoms with Gasteiger partial charge in [0.2, 0.25) is 0 Å². The van der Waals surface area contributed by atoms with Crippen LogP contribution < -0.4 is 5.32 Å². The molecule has 0 saturated carbocycles. The molecule has 1 atom stereocenters. The molecule has 0 radical (unpaired) electrons. The highest BCUT2D eigenvalue weighted by Crippen LogP contribution is 2.26. The second kappa shape index (κ2) is 10.5. The largest absolute Gasteiger partial charge is 0.445 e. The highest BCUT2D eigenvalue weighted by atomic mass is 79.9. The minimum Gasteiger partial charge on any atom is -0.445 e. The average molecular weight is 447 g/mol. The lowest BCUT2D eigenvalue weighted by atomic mass is 10.1. The molecule has 2 aromatic rings. The molecule has 1 amide bonds. The van der Waals surface area contributed by atoms with E-state index < -0.39 is 24.6 Å². The van der Waals surface area contributed by atoms with Crippen molar-refractivity contribution >= 4 is 33.6 Å². The molecule has 26 heavy (non-hydrogen) atoms. The summed E-state index contributed by atoms with van der Waals surface area (Å²) < 4.78 is 32.0. The topological polar surface area (TPSA) is 38.3 Å². The second-order valence-corrected chi connectivity index (χ2v) is 7.08. The van der Waals surface area contributed by atoms with Crippen molar-refractivity contribution in [3.63, 3.8) is 0 Å². The Morgan fingerprint density at radius 1 is 1.23 bits per heavy atom. The summed E-state index contributed by atoms with van der Waals surface area (Å²) in [5, 5.41) is 2.56. The van der Waals surface area contributed by atoms with Gasteiger partial charge in [-0.25, -0.2) is 13.6 Å². The zero-order chi connectivity index (χ0) is 18.9. The molecule has 7 heteroatoms. The monoisotopic (exact) mass is 445 g/mol. The number of halogens is 4. The molecule has 0 heterocycles. The van der Waals surface area contributed by atoms with Gasteiger partial charge < -0.3 is 10.1 Å². The number of alkyl halides is 1. The standard InChI is InChI=1S/C19H19BrClF2NO2/c20-16-9-14(10-17(21)18(16)23)7-4-8-15(11-22)24-19(25)26-12-13-5-2-1-3-6-13/h1-3,5-6,9-10,15H,4,7-8,11-12H2,(H,24,25)/t15-/m1/s1. The number of ether oxygens (including phenoxy) is 1. The van der Waals surface area contributed by atoms with Crippen molar-refractivity contribution in [2.24, 2.45) is 0 Å². The Kier molecular flexibility index (Phi) is 8.32. The van der Waals surface area contributed by atoms with E-state index in [1.54, 1.807) is 12.1 Å². The third kappa shape index (κ3) is 6.57. The molecule has 2 rings (SSSR count). The summed E-state index contributed by atoms with van der Waals surface area (Å²) in [4.78, 5) is 11.8. The fourth-order valence-corrected chi connectivity index (χ4v) is 3.29. The minimum absolute atomic E-state index is 0.0408. The molecule has 0 aliphatic carbocycles. The Hall–Kier alpha value is -1.66. The lowest BCUT2D eigenvalue weighted by molar-refractivity contribution is 0.133. The van der Waals surface area contributed by atoms with Crippen molar-refractivity contribution in [1.29, 1.82) is 0 Å². The van der Waals surface area contributed by atoms with Crippen LogP contribution in [0.15, 0.2) is 46.9 Å². The average Bonchev–Trinajstić information content (AvgIpc) is 2.64. The first-order chi connectivity index (χ1) is 12.5. The van der Waals surface area contributed by atoms with E-state index in [1.165, 1.54) is 0 Å².